The first-order chi connectivity index (χ1) is 4.75. The van der Waals surface area contributed by atoms with Gasteiger partial charge in [0.25, 0.3) is 0 Å². The number of carbonyl (C=O) groups is 2. The fraction of sp³-hybridized carbons (Fsp3) is 0.714. The third-order valence-electron chi connectivity index (χ3n) is 1.90. The van der Waals surface area contributed by atoms with Crippen molar-refractivity contribution in [1.82, 2.24) is 4.90 Å². The Morgan fingerprint density at radius 2 is 2.40 bits per heavy atom. The van der Waals surface area contributed by atoms with Crippen LogP contribution in [0.4, 0.5) is 0 Å². The topological polar surface area (TPSA) is 37.4 Å². The molecule has 10 heavy (non-hydrogen) atoms. The number of carbonyl (C=O) groups excluding carboxylic acids is 2. The molecular formula is C7H11NO2. The molecule has 0 unspecified atom stereocenters. The number of amides is 1. The molecule has 0 radical (unpaired) electrons. The fourth-order valence-corrected chi connectivity index (χ4v) is 1.35. The van der Waals surface area contributed by atoms with E-state index in [-0.39, 0.29) is 11.8 Å². The number of hydrogen-bond donors (Lipinski definition) is 0. The van der Waals surface area contributed by atoms with E-state index in [1.165, 1.54) is 6.92 Å². The zero-order valence-corrected chi connectivity index (χ0v) is 6.04. The molecule has 56 valence electrons. The number of hydrogen-bond acceptors (Lipinski definition) is 2. The van der Waals surface area contributed by atoms with Gasteiger partial charge in [-0.2, -0.15) is 0 Å². The van der Waals surface area contributed by atoms with Crippen molar-refractivity contribution in [1.29, 1.82) is 0 Å². The highest BCUT2D eigenvalue weighted by Crippen LogP contribution is 2.15. The van der Waals surface area contributed by atoms with Gasteiger partial charge in [0.05, 0.1) is 6.04 Å². The van der Waals surface area contributed by atoms with Crippen molar-refractivity contribution < 1.29 is 9.59 Å². The summed E-state index contributed by atoms with van der Waals surface area (Å²) in [5, 5.41) is 0. The van der Waals surface area contributed by atoms with Crippen molar-refractivity contribution in [3.63, 3.8) is 0 Å². The standard InChI is InChI=1S/C7H11NO2/c1-6(10)7-3-2-4-8(7)5-9/h5,7H,2-4H2,1H3/t7-/m0/s1. The van der Waals surface area contributed by atoms with E-state index >= 15 is 0 Å². The summed E-state index contributed by atoms with van der Waals surface area (Å²) in [6, 6.07) is -0.127. The number of likely N-dealkylation sites (tertiary alicyclic amines) is 1. The van der Waals surface area contributed by atoms with E-state index in [0.717, 1.165) is 25.8 Å². The van der Waals surface area contributed by atoms with Crippen LogP contribution in [0.3, 0.4) is 0 Å². The molecule has 3 heteroatoms. The predicted octanol–water partition coefficient (Wildman–Crippen LogP) is 0.196. The lowest BCUT2D eigenvalue weighted by atomic mass is 10.1. The smallest absolute Gasteiger partial charge is 0.210 e. The lowest BCUT2D eigenvalue weighted by Crippen LogP contribution is -2.33. The van der Waals surface area contributed by atoms with Crippen molar-refractivity contribution in [2.75, 3.05) is 6.54 Å². The Bertz CT molecular complexity index is 156. The van der Waals surface area contributed by atoms with E-state index < -0.39 is 0 Å². The molecular weight excluding hydrogens is 130 g/mol. The molecule has 0 saturated carbocycles. The van der Waals surface area contributed by atoms with Crippen LogP contribution in [0.2, 0.25) is 0 Å². The number of nitrogens with zero attached hydrogens (tertiary/aromatic N) is 1. The van der Waals surface area contributed by atoms with Gasteiger partial charge in [0.15, 0.2) is 5.78 Å². The third-order valence-corrected chi connectivity index (χ3v) is 1.90. The van der Waals surface area contributed by atoms with Crippen molar-refractivity contribution in [2.24, 2.45) is 0 Å². The Morgan fingerprint density at radius 1 is 1.70 bits per heavy atom. The van der Waals surface area contributed by atoms with Crippen LogP contribution in [0.1, 0.15) is 19.8 Å². The maximum Gasteiger partial charge on any atom is 0.210 e. The summed E-state index contributed by atoms with van der Waals surface area (Å²) in [5.41, 5.74) is 0. The molecule has 1 amide bonds. The Kier molecular flexibility index (Phi) is 2.04. The molecule has 0 aromatic rings. The highest BCUT2D eigenvalue weighted by Gasteiger charge is 2.26. The van der Waals surface area contributed by atoms with Crippen LogP contribution in [0.15, 0.2) is 0 Å². The van der Waals surface area contributed by atoms with Crippen molar-refractivity contribution in [2.45, 2.75) is 25.8 Å². The first kappa shape index (κ1) is 7.25. The SMILES string of the molecule is CC(=O)[C@@H]1CCCN1C=O. The molecule has 0 aromatic heterocycles. The molecule has 1 atom stereocenters. The zero-order chi connectivity index (χ0) is 7.56. The lowest BCUT2D eigenvalue weighted by Gasteiger charge is -2.15. The molecule has 0 spiro atoms. The summed E-state index contributed by atoms with van der Waals surface area (Å²) in [6.07, 6.45) is 2.57. The molecule has 0 aromatic carbocycles. The first-order valence-electron chi connectivity index (χ1n) is 3.47. The van der Waals surface area contributed by atoms with Crippen LogP contribution in [0.5, 0.6) is 0 Å². The average molecular weight is 141 g/mol. The Balaban J connectivity index is 2.58. The quantitative estimate of drug-likeness (QED) is 0.515. The van der Waals surface area contributed by atoms with Gasteiger partial charge in [0.1, 0.15) is 0 Å². The Labute approximate surface area is 60.0 Å². The van der Waals surface area contributed by atoms with Gasteiger partial charge in [-0.3, -0.25) is 9.59 Å². The van der Waals surface area contributed by atoms with Gasteiger partial charge in [0, 0.05) is 6.54 Å². The minimum absolute atomic E-state index is 0.101. The second kappa shape index (κ2) is 2.82. The van der Waals surface area contributed by atoms with E-state index in [9.17, 15) is 9.59 Å². The second-order valence-electron chi connectivity index (χ2n) is 2.61. The maximum atomic E-state index is 10.8. The van der Waals surface area contributed by atoms with Gasteiger partial charge in [-0.1, -0.05) is 0 Å². The predicted molar refractivity (Wildman–Crippen MR) is 36.5 cm³/mol. The first-order valence-corrected chi connectivity index (χ1v) is 3.47. The third kappa shape index (κ3) is 1.17. The number of Topliss-reactive ketones (excluding diaryl/α,β-unsaturated/α-hetero) is 1. The highest BCUT2D eigenvalue weighted by molar-refractivity contribution is 5.83. The highest BCUT2D eigenvalue weighted by atomic mass is 16.1. The second-order valence-corrected chi connectivity index (χ2v) is 2.61. The minimum Gasteiger partial charge on any atom is -0.335 e. The molecule has 0 aliphatic carbocycles. The van der Waals surface area contributed by atoms with Crippen LogP contribution >= 0.6 is 0 Å². The van der Waals surface area contributed by atoms with E-state index in [4.69, 9.17) is 0 Å². The summed E-state index contributed by atoms with van der Waals surface area (Å²) >= 11 is 0. The van der Waals surface area contributed by atoms with Crippen LogP contribution in [0, 0.1) is 0 Å². The molecule has 0 N–H and O–H groups in total. The molecule has 1 aliphatic heterocycles. The Hall–Kier alpha value is -0.860. The van der Waals surface area contributed by atoms with Crippen LogP contribution in [-0.2, 0) is 9.59 Å². The fourth-order valence-electron chi connectivity index (χ4n) is 1.35. The lowest BCUT2D eigenvalue weighted by molar-refractivity contribution is -0.128. The van der Waals surface area contributed by atoms with E-state index in [1.54, 1.807) is 4.90 Å². The van der Waals surface area contributed by atoms with Gasteiger partial charge in [-0.15, -0.1) is 0 Å². The molecule has 1 aliphatic rings. The molecule has 1 fully saturated rings. The van der Waals surface area contributed by atoms with Gasteiger partial charge < -0.3 is 4.90 Å². The summed E-state index contributed by atoms with van der Waals surface area (Å²) < 4.78 is 0. The summed E-state index contributed by atoms with van der Waals surface area (Å²) in [7, 11) is 0. The van der Waals surface area contributed by atoms with Crippen molar-refractivity contribution >= 4 is 12.2 Å². The van der Waals surface area contributed by atoms with Gasteiger partial charge in [-0.05, 0) is 19.8 Å². The zero-order valence-electron chi connectivity index (χ0n) is 6.04. The normalized spacial score (nSPS) is 24.9. The van der Waals surface area contributed by atoms with Gasteiger partial charge in [0.2, 0.25) is 6.41 Å². The summed E-state index contributed by atoms with van der Waals surface area (Å²) in [6.45, 7) is 2.28. The summed E-state index contributed by atoms with van der Waals surface area (Å²) in [4.78, 5) is 22.7. The van der Waals surface area contributed by atoms with E-state index in [0.29, 0.717) is 0 Å². The largest absolute Gasteiger partial charge is 0.335 e. The average Bonchev–Trinajstić information content (AvgIpc) is 2.33. The van der Waals surface area contributed by atoms with Crippen LogP contribution in [-0.4, -0.2) is 29.7 Å². The molecule has 1 heterocycles. The monoisotopic (exact) mass is 141 g/mol. The van der Waals surface area contributed by atoms with E-state index in [1.807, 2.05) is 0 Å². The van der Waals surface area contributed by atoms with Crippen LogP contribution in [0.25, 0.3) is 0 Å². The van der Waals surface area contributed by atoms with Crippen molar-refractivity contribution in [3.05, 3.63) is 0 Å². The van der Waals surface area contributed by atoms with Gasteiger partial charge in [-0.25, -0.2) is 0 Å². The van der Waals surface area contributed by atoms with E-state index in [2.05, 4.69) is 0 Å². The number of ketones is 1. The number of rotatable bonds is 2. The minimum atomic E-state index is -0.127. The van der Waals surface area contributed by atoms with Crippen molar-refractivity contribution in [3.8, 4) is 0 Å². The van der Waals surface area contributed by atoms with Crippen LogP contribution < -0.4 is 0 Å². The molecule has 1 saturated heterocycles. The van der Waals surface area contributed by atoms with Gasteiger partial charge >= 0.3 is 0 Å². The Morgan fingerprint density at radius 3 is 2.80 bits per heavy atom. The summed E-state index contributed by atoms with van der Waals surface area (Å²) in [5.74, 6) is 0.101. The molecule has 0 bridgehead atoms. The molecule has 3 nitrogen and oxygen atoms in total. The maximum absolute atomic E-state index is 10.8. The molecule has 1 rings (SSSR count).